The van der Waals surface area contributed by atoms with Gasteiger partial charge in [-0.05, 0) is 47.7 Å². The van der Waals surface area contributed by atoms with Crippen LogP contribution in [0.2, 0.25) is 0 Å². The highest BCUT2D eigenvalue weighted by Gasteiger charge is 2.22. The molecule has 2 aromatic rings. The van der Waals surface area contributed by atoms with Crippen LogP contribution in [0, 0.1) is 5.92 Å². The molecule has 0 bridgehead atoms. The number of rotatable bonds is 5. The fraction of sp³-hybridized carbons (Fsp3) is 0.364. The van der Waals surface area contributed by atoms with Crippen molar-refractivity contribution < 1.29 is 9.59 Å². The number of hydrogen-bond donors (Lipinski definition) is 1. The summed E-state index contributed by atoms with van der Waals surface area (Å²) in [5.74, 6) is 0.568. The first kappa shape index (κ1) is 19.0. The summed E-state index contributed by atoms with van der Waals surface area (Å²) < 4.78 is 0. The van der Waals surface area contributed by atoms with Crippen LogP contribution in [-0.4, -0.2) is 35.3 Å². The van der Waals surface area contributed by atoms with E-state index in [0.717, 1.165) is 13.0 Å². The number of nitrogens with zero attached hydrogens (tertiary/aromatic N) is 2. The van der Waals surface area contributed by atoms with E-state index in [1.54, 1.807) is 34.1 Å². The lowest BCUT2D eigenvalue weighted by atomic mass is 10.1. The maximum Gasteiger partial charge on any atom is 0.322 e. The van der Waals surface area contributed by atoms with Gasteiger partial charge in [0.2, 0.25) is 0 Å². The van der Waals surface area contributed by atoms with Gasteiger partial charge < -0.3 is 15.1 Å². The Hall–Kier alpha value is -2.82. The number of urea groups is 1. The average Bonchev–Trinajstić information content (AvgIpc) is 3.10. The largest absolute Gasteiger partial charge is 0.342 e. The van der Waals surface area contributed by atoms with Crippen LogP contribution in [0.15, 0.2) is 48.5 Å². The van der Waals surface area contributed by atoms with Crippen LogP contribution in [0.4, 0.5) is 10.5 Å². The molecule has 0 atom stereocenters. The molecule has 0 spiro atoms. The molecular formula is C22H27N3O2. The van der Waals surface area contributed by atoms with Gasteiger partial charge in [-0.2, -0.15) is 0 Å². The molecule has 0 saturated carbocycles. The van der Waals surface area contributed by atoms with Crippen LogP contribution in [0.5, 0.6) is 0 Å². The van der Waals surface area contributed by atoms with Gasteiger partial charge in [0, 0.05) is 37.9 Å². The quantitative estimate of drug-likeness (QED) is 0.856. The number of amides is 3. The van der Waals surface area contributed by atoms with E-state index in [4.69, 9.17) is 0 Å². The molecule has 0 radical (unpaired) electrons. The highest BCUT2D eigenvalue weighted by Crippen LogP contribution is 2.23. The predicted octanol–water partition coefficient (Wildman–Crippen LogP) is 4.35. The van der Waals surface area contributed by atoms with Crippen LogP contribution in [-0.2, 0) is 13.1 Å². The zero-order valence-electron chi connectivity index (χ0n) is 16.2. The van der Waals surface area contributed by atoms with Gasteiger partial charge >= 0.3 is 6.03 Å². The number of nitrogens with one attached hydrogen (secondary N) is 1. The first-order valence-electron chi connectivity index (χ1n) is 9.42. The van der Waals surface area contributed by atoms with Crippen LogP contribution in [0.25, 0.3) is 0 Å². The van der Waals surface area contributed by atoms with Crippen molar-refractivity contribution in [1.82, 2.24) is 9.80 Å². The Labute approximate surface area is 161 Å². The van der Waals surface area contributed by atoms with Gasteiger partial charge in [-0.15, -0.1) is 0 Å². The smallest absolute Gasteiger partial charge is 0.322 e. The minimum Gasteiger partial charge on any atom is -0.342 e. The molecule has 1 N–H and O–H groups in total. The SMILES string of the molecule is CC(C)CCN(C)C(=O)c1ccc(NC(=O)N2Cc3ccccc3C2)cc1. The molecule has 2 aromatic carbocycles. The van der Waals surface area contributed by atoms with Crippen molar-refractivity contribution in [2.45, 2.75) is 33.4 Å². The van der Waals surface area contributed by atoms with Crippen LogP contribution >= 0.6 is 0 Å². The topological polar surface area (TPSA) is 52.7 Å². The summed E-state index contributed by atoms with van der Waals surface area (Å²) in [7, 11) is 1.82. The summed E-state index contributed by atoms with van der Waals surface area (Å²) >= 11 is 0. The monoisotopic (exact) mass is 365 g/mol. The lowest BCUT2D eigenvalue weighted by Crippen LogP contribution is -2.30. The molecule has 0 unspecified atom stereocenters. The van der Waals surface area contributed by atoms with Gasteiger partial charge in [-0.1, -0.05) is 38.1 Å². The molecular weight excluding hydrogens is 338 g/mol. The zero-order valence-corrected chi connectivity index (χ0v) is 16.2. The maximum atomic E-state index is 12.5. The van der Waals surface area contributed by atoms with Crippen LogP contribution < -0.4 is 5.32 Å². The predicted molar refractivity (Wildman–Crippen MR) is 108 cm³/mol. The van der Waals surface area contributed by atoms with E-state index < -0.39 is 0 Å². The van der Waals surface area contributed by atoms with E-state index in [1.165, 1.54) is 11.1 Å². The van der Waals surface area contributed by atoms with Gasteiger partial charge in [0.15, 0.2) is 0 Å². The van der Waals surface area contributed by atoms with Gasteiger partial charge in [0.25, 0.3) is 5.91 Å². The minimum absolute atomic E-state index is 0.00326. The third-order valence-electron chi connectivity index (χ3n) is 4.90. The summed E-state index contributed by atoms with van der Waals surface area (Å²) in [6.45, 7) is 6.28. The standard InChI is InChI=1S/C22H27N3O2/c1-16(2)12-13-24(3)21(26)17-8-10-20(11-9-17)23-22(27)25-14-18-6-4-5-7-19(18)15-25/h4-11,16H,12-15H2,1-3H3,(H,23,27). The molecule has 3 rings (SSSR count). The highest BCUT2D eigenvalue weighted by atomic mass is 16.2. The Balaban J connectivity index is 1.56. The molecule has 1 aliphatic heterocycles. The molecule has 142 valence electrons. The Kier molecular flexibility index (Phi) is 5.79. The van der Waals surface area contributed by atoms with E-state index >= 15 is 0 Å². The van der Waals surface area contributed by atoms with Crippen molar-refractivity contribution in [3.8, 4) is 0 Å². The minimum atomic E-state index is -0.126. The van der Waals surface area contributed by atoms with Crippen molar-refractivity contribution in [2.75, 3.05) is 18.9 Å². The highest BCUT2D eigenvalue weighted by molar-refractivity contribution is 5.95. The van der Waals surface area contributed by atoms with Crippen molar-refractivity contribution in [2.24, 2.45) is 5.92 Å². The Morgan fingerprint density at radius 2 is 1.63 bits per heavy atom. The van der Waals surface area contributed by atoms with Gasteiger partial charge in [-0.25, -0.2) is 4.79 Å². The second-order valence-electron chi connectivity index (χ2n) is 7.54. The van der Waals surface area contributed by atoms with Gasteiger partial charge in [-0.3, -0.25) is 4.79 Å². The molecule has 5 heteroatoms. The number of anilines is 1. The third kappa shape index (κ3) is 4.67. The van der Waals surface area contributed by atoms with E-state index in [2.05, 4.69) is 31.3 Å². The maximum absolute atomic E-state index is 12.5. The molecule has 0 aromatic heterocycles. The van der Waals surface area contributed by atoms with Crippen LogP contribution in [0.3, 0.4) is 0 Å². The second kappa shape index (κ2) is 8.25. The van der Waals surface area contributed by atoms with Crippen molar-refractivity contribution in [1.29, 1.82) is 0 Å². The van der Waals surface area contributed by atoms with E-state index in [1.807, 2.05) is 19.2 Å². The zero-order chi connectivity index (χ0) is 19.4. The molecule has 1 aliphatic rings. The lowest BCUT2D eigenvalue weighted by Gasteiger charge is -2.19. The molecule has 5 nitrogen and oxygen atoms in total. The summed E-state index contributed by atoms with van der Waals surface area (Å²) in [5, 5.41) is 2.92. The van der Waals surface area contributed by atoms with E-state index in [9.17, 15) is 9.59 Å². The fourth-order valence-electron chi connectivity index (χ4n) is 3.15. The number of carbonyl (C=O) groups is 2. The van der Waals surface area contributed by atoms with Gasteiger partial charge in [0.1, 0.15) is 0 Å². The molecule has 1 heterocycles. The Morgan fingerprint density at radius 3 is 2.19 bits per heavy atom. The third-order valence-corrected chi connectivity index (χ3v) is 4.90. The molecule has 0 fully saturated rings. The molecule has 27 heavy (non-hydrogen) atoms. The van der Waals surface area contributed by atoms with E-state index in [-0.39, 0.29) is 11.9 Å². The average molecular weight is 365 g/mol. The van der Waals surface area contributed by atoms with Crippen molar-refractivity contribution in [3.05, 3.63) is 65.2 Å². The molecule has 3 amide bonds. The second-order valence-corrected chi connectivity index (χ2v) is 7.54. The summed E-state index contributed by atoms with van der Waals surface area (Å²) in [4.78, 5) is 28.5. The van der Waals surface area contributed by atoms with Crippen LogP contribution in [0.1, 0.15) is 41.8 Å². The fourth-order valence-corrected chi connectivity index (χ4v) is 3.15. The first-order valence-corrected chi connectivity index (χ1v) is 9.42. The number of benzene rings is 2. The lowest BCUT2D eigenvalue weighted by molar-refractivity contribution is 0.0789. The number of fused-ring (bicyclic) bond motifs is 1. The normalized spacial score (nSPS) is 12.8. The first-order chi connectivity index (χ1) is 12.9. The Morgan fingerprint density at radius 1 is 1.04 bits per heavy atom. The van der Waals surface area contributed by atoms with E-state index in [0.29, 0.717) is 30.3 Å². The van der Waals surface area contributed by atoms with Crippen molar-refractivity contribution in [3.63, 3.8) is 0 Å². The summed E-state index contributed by atoms with van der Waals surface area (Å²) in [6, 6.07) is 15.1. The number of hydrogen-bond acceptors (Lipinski definition) is 2. The molecule has 0 aliphatic carbocycles. The molecule has 0 saturated heterocycles. The van der Waals surface area contributed by atoms with Crippen molar-refractivity contribution >= 4 is 17.6 Å². The summed E-state index contributed by atoms with van der Waals surface area (Å²) in [6.07, 6.45) is 0.981. The summed E-state index contributed by atoms with van der Waals surface area (Å²) in [5.41, 5.74) is 3.71. The Bertz CT molecular complexity index is 790. The van der Waals surface area contributed by atoms with Gasteiger partial charge in [0.05, 0.1) is 0 Å². The number of carbonyl (C=O) groups excluding carboxylic acids is 2.